The summed E-state index contributed by atoms with van der Waals surface area (Å²) < 4.78 is 13.3. The van der Waals surface area contributed by atoms with E-state index in [-0.39, 0.29) is 5.82 Å². The predicted octanol–water partition coefficient (Wildman–Crippen LogP) is 4.08. The van der Waals surface area contributed by atoms with Gasteiger partial charge in [0.2, 0.25) is 0 Å². The zero-order chi connectivity index (χ0) is 12.8. The van der Waals surface area contributed by atoms with Gasteiger partial charge in [0, 0.05) is 28.6 Å². The molecular formula is C14H16FNS2. The second-order valence-corrected chi connectivity index (χ2v) is 6.12. The third-order valence-electron chi connectivity index (χ3n) is 2.63. The van der Waals surface area contributed by atoms with Crippen LogP contribution in [0.25, 0.3) is 0 Å². The van der Waals surface area contributed by atoms with Crippen molar-refractivity contribution in [3.05, 3.63) is 52.0 Å². The Morgan fingerprint density at radius 1 is 1.28 bits per heavy atom. The fourth-order valence-electron chi connectivity index (χ4n) is 1.58. The number of thioether (sulfide) groups is 1. The Balaban J connectivity index is 1.68. The molecule has 0 aliphatic carbocycles. The van der Waals surface area contributed by atoms with E-state index in [1.165, 1.54) is 16.5 Å². The highest BCUT2D eigenvalue weighted by atomic mass is 32.2. The Kier molecular flexibility index (Phi) is 5.23. The summed E-state index contributed by atoms with van der Waals surface area (Å²) >= 11 is 3.33. The summed E-state index contributed by atoms with van der Waals surface area (Å²) in [6.45, 7) is 3.92. The number of thiophene rings is 1. The number of nitrogens with one attached hydrogen (secondary N) is 1. The van der Waals surface area contributed by atoms with E-state index in [0.717, 1.165) is 23.7 Å². The summed E-state index contributed by atoms with van der Waals surface area (Å²) in [4.78, 5) is 2.11. The molecule has 0 aliphatic heterocycles. The van der Waals surface area contributed by atoms with E-state index in [1.54, 1.807) is 29.2 Å². The van der Waals surface area contributed by atoms with Crippen LogP contribution in [-0.4, -0.2) is 12.3 Å². The molecule has 18 heavy (non-hydrogen) atoms. The van der Waals surface area contributed by atoms with Crippen molar-refractivity contribution in [2.24, 2.45) is 0 Å². The van der Waals surface area contributed by atoms with Gasteiger partial charge < -0.3 is 5.32 Å². The molecular weight excluding hydrogens is 265 g/mol. The molecule has 0 aliphatic rings. The molecule has 0 saturated carbocycles. The number of benzene rings is 1. The third kappa shape index (κ3) is 3.83. The fraction of sp³-hybridized carbons (Fsp3) is 0.286. The Labute approximate surface area is 115 Å². The molecule has 1 N–H and O–H groups in total. The molecule has 0 radical (unpaired) electrons. The van der Waals surface area contributed by atoms with Gasteiger partial charge in [-0.25, -0.2) is 4.39 Å². The zero-order valence-corrected chi connectivity index (χ0v) is 11.9. The van der Waals surface area contributed by atoms with Crippen molar-refractivity contribution < 1.29 is 4.39 Å². The van der Waals surface area contributed by atoms with E-state index in [4.69, 9.17) is 0 Å². The normalized spacial score (nSPS) is 10.8. The number of aryl methyl sites for hydroxylation is 1. The van der Waals surface area contributed by atoms with E-state index in [1.807, 2.05) is 12.1 Å². The summed E-state index contributed by atoms with van der Waals surface area (Å²) in [5.74, 6) is 0.752. The monoisotopic (exact) mass is 281 g/mol. The molecule has 96 valence electrons. The first-order chi connectivity index (χ1) is 8.77. The maximum atomic E-state index is 13.3. The van der Waals surface area contributed by atoms with Gasteiger partial charge in [-0.3, -0.25) is 0 Å². The van der Waals surface area contributed by atoms with Crippen LogP contribution in [0.2, 0.25) is 0 Å². The van der Waals surface area contributed by atoms with Crippen molar-refractivity contribution in [2.45, 2.75) is 18.4 Å². The Morgan fingerprint density at radius 2 is 2.11 bits per heavy atom. The number of hydrogen-bond acceptors (Lipinski definition) is 3. The molecule has 1 aromatic carbocycles. The van der Waals surface area contributed by atoms with Crippen molar-refractivity contribution in [3.63, 3.8) is 0 Å². The molecule has 0 spiro atoms. The van der Waals surface area contributed by atoms with Gasteiger partial charge in [-0.05, 0) is 36.1 Å². The molecule has 2 aromatic rings. The lowest BCUT2D eigenvalue weighted by Crippen LogP contribution is -2.16. The summed E-state index contributed by atoms with van der Waals surface area (Å²) in [5.41, 5.74) is 1.34. The largest absolute Gasteiger partial charge is 0.311 e. The second kappa shape index (κ2) is 6.92. The highest BCUT2D eigenvalue weighted by Crippen LogP contribution is 2.20. The number of halogens is 1. The van der Waals surface area contributed by atoms with Crippen molar-refractivity contribution in [1.82, 2.24) is 5.32 Å². The molecule has 2 rings (SSSR count). The molecule has 1 nitrogen and oxygen atoms in total. The van der Waals surface area contributed by atoms with E-state index < -0.39 is 0 Å². The fourth-order valence-corrected chi connectivity index (χ4v) is 3.30. The topological polar surface area (TPSA) is 12.0 Å². The average molecular weight is 281 g/mol. The Morgan fingerprint density at radius 3 is 2.83 bits per heavy atom. The van der Waals surface area contributed by atoms with Crippen LogP contribution >= 0.6 is 23.1 Å². The highest BCUT2D eigenvalue weighted by Gasteiger charge is 2.01. The number of rotatable bonds is 6. The van der Waals surface area contributed by atoms with Crippen LogP contribution in [0.3, 0.4) is 0 Å². The molecule has 4 heteroatoms. The van der Waals surface area contributed by atoms with Crippen molar-refractivity contribution >= 4 is 23.1 Å². The first-order valence-corrected chi connectivity index (χ1v) is 7.75. The van der Waals surface area contributed by atoms with Gasteiger partial charge in [0.1, 0.15) is 5.82 Å². The van der Waals surface area contributed by atoms with Gasteiger partial charge in [-0.2, -0.15) is 0 Å². The average Bonchev–Trinajstić information content (AvgIpc) is 2.77. The van der Waals surface area contributed by atoms with Gasteiger partial charge >= 0.3 is 0 Å². The van der Waals surface area contributed by atoms with Crippen LogP contribution < -0.4 is 5.32 Å². The van der Waals surface area contributed by atoms with Crippen LogP contribution in [0, 0.1) is 12.7 Å². The summed E-state index contributed by atoms with van der Waals surface area (Å²) in [5, 5.41) is 5.50. The van der Waals surface area contributed by atoms with Crippen LogP contribution in [0.5, 0.6) is 0 Å². The lowest BCUT2D eigenvalue weighted by molar-refractivity contribution is 0.602. The van der Waals surface area contributed by atoms with Crippen molar-refractivity contribution in [1.29, 1.82) is 0 Å². The summed E-state index contributed by atoms with van der Waals surface area (Å²) in [6, 6.07) is 9.05. The maximum Gasteiger partial charge on any atom is 0.136 e. The lowest BCUT2D eigenvalue weighted by atomic mass is 10.3. The SMILES string of the molecule is Cc1ccsc1CNCCSc1ccccc1F. The molecule has 0 bridgehead atoms. The van der Waals surface area contributed by atoms with E-state index >= 15 is 0 Å². The molecule has 1 heterocycles. The molecule has 0 saturated heterocycles. The minimum atomic E-state index is -0.128. The van der Waals surface area contributed by atoms with E-state index in [9.17, 15) is 4.39 Å². The smallest absolute Gasteiger partial charge is 0.136 e. The predicted molar refractivity (Wildman–Crippen MR) is 77.9 cm³/mol. The Hall–Kier alpha value is -0.840. The highest BCUT2D eigenvalue weighted by molar-refractivity contribution is 7.99. The molecule has 0 amide bonds. The molecule has 0 unspecified atom stereocenters. The summed E-state index contributed by atoms with van der Waals surface area (Å²) in [6.07, 6.45) is 0. The first kappa shape index (κ1) is 13.6. The number of hydrogen-bond donors (Lipinski definition) is 1. The van der Waals surface area contributed by atoms with Crippen LogP contribution in [0.4, 0.5) is 4.39 Å². The van der Waals surface area contributed by atoms with E-state index in [2.05, 4.69) is 23.7 Å². The first-order valence-electron chi connectivity index (χ1n) is 5.88. The standard InChI is InChI=1S/C14H16FNS2/c1-11-6-8-17-14(11)10-16-7-9-18-13-5-3-2-4-12(13)15/h2-6,8,16H,7,9-10H2,1H3. The molecule has 0 atom stereocenters. The van der Waals surface area contributed by atoms with Gasteiger partial charge in [-0.15, -0.1) is 23.1 Å². The van der Waals surface area contributed by atoms with Gasteiger partial charge in [0.25, 0.3) is 0 Å². The van der Waals surface area contributed by atoms with Gasteiger partial charge in [0.15, 0.2) is 0 Å². The van der Waals surface area contributed by atoms with E-state index in [0.29, 0.717) is 0 Å². The second-order valence-electron chi connectivity index (χ2n) is 3.98. The Bertz CT molecular complexity index is 496. The van der Waals surface area contributed by atoms with Gasteiger partial charge in [-0.1, -0.05) is 12.1 Å². The summed E-state index contributed by atoms with van der Waals surface area (Å²) in [7, 11) is 0. The molecule has 1 aromatic heterocycles. The maximum absolute atomic E-state index is 13.3. The van der Waals surface area contributed by atoms with Crippen LogP contribution in [0.15, 0.2) is 40.6 Å². The molecule has 0 fully saturated rings. The van der Waals surface area contributed by atoms with Crippen LogP contribution in [-0.2, 0) is 6.54 Å². The van der Waals surface area contributed by atoms with Gasteiger partial charge in [0.05, 0.1) is 0 Å². The lowest BCUT2D eigenvalue weighted by Gasteiger charge is -2.05. The van der Waals surface area contributed by atoms with Crippen LogP contribution in [0.1, 0.15) is 10.4 Å². The third-order valence-corrected chi connectivity index (χ3v) is 4.70. The quantitative estimate of drug-likeness (QED) is 0.632. The minimum absolute atomic E-state index is 0.128. The van der Waals surface area contributed by atoms with Crippen molar-refractivity contribution in [3.8, 4) is 0 Å². The van der Waals surface area contributed by atoms with Crippen molar-refractivity contribution in [2.75, 3.05) is 12.3 Å². The zero-order valence-electron chi connectivity index (χ0n) is 10.3. The minimum Gasteiger partial charge on any atom is -0.311 e.